The second kappa shape index (κ2) is 11.4. The second-order valence-corrected chi connectivity index (χ2v) is 10.3. The van der Waals surface area contributed by atoms with Crippen molar-refractivity contribution in [3.8, 4) is 0 Å². The van der Waals surface area contributed by atoms with Crippen LogP contribution in [0.2, 0.25) is 5.02 Å². The zero-order chi connectivity index (χ0) is 24.9. The molecule has 2 aliphatic rings. The molecule has 2 amide bonds. The molecule has 0 bridgehead atoms. The molecule has 0 spiro atoms. The van der Waals surface area contributed by atoms with E-state index in [0.717, 1.165) is 24.1 Å². The molecule has 4 rings (SSSR count). The van der Waals surface area contributed by atoms with E-state index in [1.54, 1.807) is 0 Å². The molecule has 0 aromatic heterocycles. The minimum absolute atomic E-state index is 0.00166. The van der Waals surface area contributed by atoms with Crippen molar-refractivity contribution >= 4 is 34.8 Å². The van der Waals surface area contributed by atoms with Gasteiger partial charge in [0.1, 0.15) is 0 Å². The minimum atomic E-state index is -0.661. The van der Waals surface area contributed by atoms with E-state index in [1.807, 2.05) is 51.1 Å². The van der Waals surface area contributed by atoms with Crippen LogP contribution >= 0.6 is 11.6 Å². The summed E-state index contributed by atoms with van der Waals surface area (Å²) in [5, 5.41) is 9.63. The Kier molecular flexibility index (Phi) is 8.24. The molecule has 1 atom stereocenters. The number of carbonyl (C=O) groups is 2. The smallest absolute Gasteiger partial charge is 0.257 e. The number of likely N-dealkylation sites (tertiary alicyclic amines) is 1. The van der Waals surface area contributed by atoms with Gasteiger partial charge in [0.25, 0.3) is 5.91 Å². The molecule has 0 aliphatic carbocycles. The highest BCUT2D eigenvalue weighted by atomic mass is 35.5. The van der Waals surface area contributed by atoms with Crippen LogP contribution in [-0.4, -0.2) is 48.1 Å². The molecule has 1 unspecified atom stereocenters. The second-order valence-electron chi connectivity index (χ2n) is 9.90. The number of aryl methyl sites for hydroxylation is 1. The summed E-state index contributed by atoms with van der Waals surface area (Å²) in [6.07, 6.45) is 4.96. The Balaban J connectivity index is 1.54. The van der Waals surface area contributed by atoms with E-state index in [4.69, 9.17) is 16.7 Å². The topological polar surface area (TPSA) is 65.0 Å². The van der Waals surface area contributed by atoms with Gasteiger partial charge in [0, 0.05) is 29.6 Å². The quantitative estimate of drug-likeness (QED) is 0.564. The van der Waals surface area contributed by atoms with E-state index in [0.29, 0.717) is 16.4 Å². The maximum atomic E-state index is 13.5. The summed E-state index contributed by atoms with van der Waals surface area (Å²) in [4.78, 5) is 28.6. The van der Waals surface area contributed by atoms with E-state index in [-0.39, 0.29) is 24.3 Å². The number of benzene rings is 2. The highest BCUT2D eigenvalue weighted by Gasteiger charge is 2.39. The summed E-state index contributed by atoms with van der Waals surface area (Å²) < 4.78 is 0. The number of anilines is 1. The van der Waals surface area contributed by atoms with Crippen LogP contribution in [0.5, 0.6) is 0 Å². The standard InChI is InChI=1S/C28H35ClN4O2/c1-19(2)30-26(34)18-24-27(22-10-7-20(3)25(29)17-22)31-33(28(24)35)23-11-8-21(9-12-23)13-16-32-14-5-4-6-15-32/h7-12,17,19,24H,4-6,13-16,18H2,1-3H3,(H,30,34). The zero-order valence-corrected chi connectivity index (χ0v) is 21.6. The lowest BCUT2D eigenvalue weighted by atomic mass is 9.93. The molecule has 0 radical (unpaired) electrons. The van der Waals surface area contributed by atoms with E-state index in [1.165, 1.54) is 42.9 Å². The molecular weight excluding hydrogens is 460 g/mol. The Morgan fingerprint density at radius 3 is 2.49 bits per heavy atom. The number of hydrogen-bond acceptors (Lipinski definition) is 4. The van der Waals surface area contributed by atoms with Gasteiger partial charge < -0.3 is 10.2 Å². The monoisotopic (exact) mass is 494 g/mol. The Labute approximate surface area is 213 Å². The first-order chi connectivity index (χ1) is 16.8. The van der Waals surface area contributed by atoms with Crippen LogP contribution in [0.25, 0.3) is 0 Å². The molecule has 0 saturated carbocycles. The van der Waals surface area contributed by atoms with Gasteiger partial charge in [0.05, 0.1) is 17.3 Å². The maximum Gasteiger partial charge on any atom is 0.257 e. The van der Waals surface area contributed by atoms with E-state index in [9.17, 15) is 9.59 Å². The number of rotatable bonds is 8. The van der Waals surface area contributed by atoms with Crippen LogP contribution < -0.4 is 10.3 Å². The van der Waals surface area contributed by atoms with Crippen LogP contribution in [0.4, 0.5) is 5.69 Å². The van der Waals surface area contributed by atoms with Crippen LogP contribution in [-0.2, 0) is 16.0 Å². The predicted molar refractivity (Wildman–Crippen MR) is 142 cm³/mol. The van der Waals surface area contributed by atoms with Gasteiger partial charge in [-0.2, -0.15) is 10.1 Å². The SMILES string of the molecule is Cc1ccc(C2=NN(c3ccc(CCN4CCCCC4)cc3)C(=O)C2CC(=O)NC(C)C)cc1Cl. The molecule has 7 heteroatoms. The van der Waals surface area contributed by atoms with Gasteiger partial charge in [-0.05, 0) is 82.4 Å². The molecule has 1 N–H and O–H groups in total. The van der Waals surface area contributed by atoms with Crippen LogP contribution in [0.1, 0.15) is 56.2 Å². The normalized spacial score (nSPS) is 18.8. The van der Waals surface area contributed by atoms with E-state index in [2.05, 4.69) is 22.3 Å². The molecule has 2 aromatic rings. The average Bonchev–Trinajstić information content (AvgIpc) is 3.16. The van der Waals surface area contributed by atoms with Crippen molar-refractivity contribution in [1.29, 1.82) is 0 Å². The number of amides is 2. The largest absolute Gasteiger partial charge is 0.354 e. The van der Waals surface area contributed by atoms with Gasteiger partial charge in [0.2, 0.25) is 5.91 Å². The Bertz CT molecular complexity index is 1090. The van der Waals surface area contributed by atoms with Crippen molar-refractivity contribution in [1.82, 2.24) is 10.2 Å². The molecule has 2 aliphatic heterocycles. The average molecular weight is 495 g/mol. The third-order valence-corrected chi connectivity index (χ3v) is 7.10. The number of hydrogen-bond donors (Lipinski definition) is 1. The van der Waals surface area contributed by atoms with Gasteiger partial charge in [-0.1, -0.05) is 42.3 Å². The van der Waals surface area contributed by atoms with E-state index >= 15 is 0 Å². The summed E-state index contributed by atoms with van der Waals surface area (Å²) in [5.41, 5.74) is 4.24. The Morgan fingerprint density at radius 1 is 1.11 bits per heavy atom. The maximum absolute atomic E-state index is 13.5. The van der Waals surface area contributed by atoms with Gasteiger partial charge in [-0.3, -0.25) is 9.59 Å². The molecule has 186 valence electrons. The fourth-order valence-corrected chi connectivity index (χ4v) is 4.89. The van der Waals surface area contributed by atoms with Crippen molar-refractivity contribution in [3.05, 3.63) is 64.2 Å². The summed E-state index contributed by atoms with van der Waals surface area (Å²) in [6.45, 7) is 9.18. The van der Waals surface area contributed by atoms with Crippen LogP contribution in [0.3, 0.4) is 0 Å². The molecule has 6 nitrogen and oxygen atoms in total. The third kappa shape index (κ3) is 6.30. The molecule has 2 heterocycles. The lowest BCUT2D eigenvalue weighted by molar-refractivity contribution is -0.126. The first-order valence-corrected chi connectivity index (χ1v) is 13.0. The predicted octanol–water partition coefficient (Wildman–Crippen LogP) is 4.96. The zero-order valence-electron chi connectivity index (χ0n) is 20.9. The van der Waals surface area contributed by atoms with Crippen molar-refractivity contribution < 1.29 is 9.59 Å². The van der Waals surface area contributed by atoms with Crippen LogP contribution in [0.15, 0.2) is 47.6 Å². The van der Waals surface area contributed by atoms with Crippen molar-refractivity contribution in [2.75, 3.05) is 24.6 Å². The number of nitrogens with zero attached hydrogens (tertiary/aromatic N) is 3. The lowest BCUT2D eigenvalue weighted by Gasteiger charge is -2.26. The summed E-state index contributed by atoms with van der Waals surface area (Å²) in [5.74, 6) is -1.03. The number of nitrogens with one attached hydrogen (secondary N) is 1. The molecule has 1 fully saturated rings. The molecule has 2 aromatic carbocycles. The lowest BCUT2D eigenvalue weighted by Crippen LogP contribution is -2.36. The summed E-state index contributed by atoms with van der Waals surface area (Å²) in [7, 11) is 0. The fourth-order valence-electron chi connectivity index (χ4n) is 4.71. The van der Waals surface area contributed by atoms with Crippen molar-refractivity contribution in [2.24, 2.45) is 11.0 Å². The highest BCUT2D eigenvalue weighted by molar-refractivity contribution is 6.32. The third-order valence-electron chi connectivity index (χ3n) is 6.70. The highest BCUT2D eigenvalue weighted by Crippen LogP contribution is 2.30. The van der Waals surface area contributed by atoms with Gasteiger partial charge in [0.15, 0.2) is 0 Å². The molecule has 1 saturated heterocycles. The molecular formula is C28H35ClN4O2. The molecule has 35 heavy (non-hydrogen) atoms. The summed E-state index contributed by atoms with van der Waals surface area (Å²) >= 11 is 6.37. The summed E-state index contributed by atoms with van der Waals surface area (Å²) in [6, 6.07) is 13.7. The first-order valence-electron chi connectivity index (χ1n) is 12.6. The van der Waals surface area contributed by atoms with Gasteiger partial charge >= 0.3 is 0 Å². The van der Waals surface area contributed by atoms with Gasteiger partial charge in [-0.15, -0.1) is 0 Å². The van der Waals surface area contributed by atoms with Crippen molar-refractivity contribution in [3.63, 3.8) is 0 Å². The van der Waals surface area contributed by atoms with Gasteiger partial charge in [-0.25, -0.2) is 0 Å². The number of carbonyl (C=O) groups excluding carboxylic acids is 2. The van der Waals surface area contributed by atoms with Crippen LogP contribution in [0, 0.1) is 12.8 Å². The van der Waals surface area contributed by atoms with Crippen molar-refractivity contribution in [2.45, 2.75) is 58.9 Å². The Hall–Kier alpha value is -2.70. The Morgan fingerprint density at radius 2 is 1.83 bits per heavy atom. The number of hydrazone groups is 1. The fraction of sp³-hybridized carbons (Fsp3) is 0.464. The minimum Gasteiger partial charge on any atom is -0.354 e. The van der Waals surface area contributed by atoms with E-state index < -0.39 is 5.92 Å². The number of halogens is 1. The number of piperidine rings is 1. The first kappa shape index (κ1) is 25.4.